The van der Waals surface area contributed by atoms with Gasteiger partial charge < -0.3 is 4.74 Å². The van der Waals surface area contributed by atoms with Gasteiger partial charge in [0, 0.05) is 0 Å². The van der Waals surface area contributed by atoms with Crippen LogP contribution in [0.3, 0.4) is 0 Å². The monoisotopic (exact) mass is 170 g/mol. The molecular weight excluding hydrogens is 148 g/mol. The Kier molecular flexibility index (Phi) is 2.82. The Hall–Kier alpha value is -0.0400. The van der Waals surface area contributed by atoms with Crippen molar-refractivity contribution in [2.45, 2.75) is 59.7 Å². The largest absolute Gasteiger partial charge is 0.376 e. The van der Waals surface area contributed by atoms with Gasteiger partial charge >= 0.3 is 0 Å². The van der Waals surface area contributed by atoms with E-state index in [9.17, 15) is 0 Å². The second-order valence-electron chi connectivity index (χ2n) is 5.34. The Labute approximate surface area is 76.5 Å². The summed E-state index contributed by atoms with van der Waals surface area (Å²) < 4.78 is 5.71. The predicted molar refractivity (Wildman–Crippen MR) is 52.2 cm³/mol. The van der Waals surface area contributed by atoms with Crippen molar-refractivity contribution in [3.05, 3.63) is 0 Å². The minimum absolute atomic E-state index is 0.399. The second-order valence-corrected chi connectivity index (χ2v) is 5.34. The molecule has 1 nitrogen and oxygen atoms in total. The van der Waals surface area contributed by atoms with E-state index in [1.54, 1.807) is 0 Å². The molecule has 0 unspecified atom stereocenters. The van der Waals surface area contributed by atoms with E-state index in [0.29, 0.717) is 17.6 Å². The zero-order valence-electron chi connectivity index (χ0n) is 9.05. The number of rotatable bonds is 2. The van der Waals surface area contributed by atoms with Gasteiger partial charge in [0.2, 0.25) is 0 Å². The summed E-state index contributed by atoms with van der Waals surface area (Å²) in [5.41, 5.74) is 0.483. The summed E-state index contributed by atoms with van der Waals surface area (Å²) in [5, 5.41) is 0. The maximum absolute atomic E-state index is 5.71. The molecule has 1 heteroatoms. The molecule has 0 radical (unpaired) electrons. The van der Waals surface area contributed by atoms with Crippen LogP contribution in [0.25, 0.3) is 0 Å². The molecule has 72 valence electrons. The smallest absolute Gasteiger partial charge is 0.0584 e. The minimum Gasteiger partial charge on any atom is -0.376 e. The Morgan fingerprint density at radius 3 is 2.00 bits per heavy atom. The fourth-order valence-electron chi connectivity index (χ4n) is 1.77. The average molecular weight is 170 g/mol. The average Bonchev–Trinajstić information content (AvgIpc) is 1.73. The van der Waals surface area contributed by atoms with E-state index in [1.807, 2.05) is 0 Å². The van der Waals surface area contributed by atoms with Crippen molar-refractivity contribution in [2.24, 2.45) is 11.3 Å². The maximum Gasteiger partial charge on any atom is 0.0584 e. The van der Waals surface area contributed by atoms with E-state index in [1.165, 1.54) is 12.8 Å². The van der Waals surface area contributed by atoms with Crippen molar-refractivity contribution < 1.29 is 4.74 Å². The molecule has 0 N–H and O–H groups in total. The molecule has 1 rings (SSSR count). The van der Waals surface area contributed by atoms with Gasteiger partial charge in [0.1, 0.15) is 0 Å². The fraction of sp³-hybridized carbons (Fsp3) is 1.00. The summed E-state index contributed by atoms with van der Waals surface area (Å²) in [5.74, 6) is 0.876. The van der Waals surface area contributed by atoms with Crippen molar-refractivity contribution in [1.82, 2.24) is 0 Å². The molecule has 0 aromatic heterocycles. The fourth-order valence-corrected chi connectivity index (χ4v) is 1.77. The molecule has 0 heterocycles. The molecule has 1 fully saturated rings. The highest BCUT2D eigenvalue weighted by Crippen LogP contribution is 2.42. The number of ether oxygens (including phenoxy) is 1. The molecule has 0 amide bonds. The summed E-state index contributed by atoms with van der Waals surface area (Å²) in [4.78, 5) is 0. The molecule has 0 saturated heterocycles. The molecular formula is C11H22O. The lowest BCUT2D eigenvalue weighted by Crippen LogP contribution is -2.40. The van der Waals surface area contributed by atoms with Crippen molar-refractivity contribution in [2.75, 3.05) is 0 Å². The van der Waals surface area contributed by atoms with Crippen LogP contribution in [0.2, 0.25) is 0 Å². The van der Waals surface area contributed by atoms with Crippen LogP contribution in [0.1, 0.15) is 47.5 Å². The van der Waals surface area contributed by atoms with Gasteiger partial charge in [0.05, 0.1) is 12.2 Å². The highest BCUT2D eigenvalue weighted by atomic mass is 16.5. The molecule has 1 saturated carbocycles. The Morgan fingerprint density at radius 1 is 1.17 bits per heavy atom. The topological polar surface area (TPSA) is 9.23 Å². The third-order valence-corrected chi connectivity index (χ3v) is 2.78. The van der Waals surface area contributed by atoms with Crippen LogP contribution in [0.15, 0.2) is 0 Å². The van der Waals surface area contributed by atoms with Gasteiger partial charge in [-0.05, 0) is 38.0 Å². The summed E-state index contributed by atoms with van der Waals surface area (Å²) in [6.07, 6.45) is 3.48. The third kappa shape index (κ3) is 2.48. The lowest BCUT2D eigenvalue weighted by Gasteiger charge is -2.44. The molecule has 0 aromatic rings. The highest BCUT2D eigenvalue weighted by Gasteiger charge is 2.37. The Balaban J connectivity index is 2.20. The van der Waals surface area contributed by atoms with Crippen LogP contribution in [0.5, 0.6) is 0 Å². The standard InChI is InChI=1S/C11H22O/c1-8(2)12-10-6-9(7-10)11(3,4)5/h8-10H,6-7H2,1-5H3. The van der Waals surface area contributed by atoms with Crippen molar-refractivity contribution in [3.63, 3.8) is 0 Å². The SMILES string of the molecule is CC(C)OC1CC(C(C)(C)C)C1. The first-order valence-electron chi connectivity index (χ1n) is 5.05. The van der Waals surface area contributed by atoms with Crippen LogP contribution in [0, 0.1) is 11.3 Å². The van der Waals surface area contributed by atoms with Crippen molar-refractivity contribution in [1.29, 1.82) is 0 Å². The van der Waals surface area contributed by atoms with Gasteiger partial charge in [0.15, 0.2) is 0 Å². The summed E-state index contributed by atoms with van der Waals surface area (Å²) >= 11 is 0. The van der Waals surface area contributed by atoms with Crippen molar-refractivity contribution >= 4 is 0 Å². The van der Waals surface area contributed by atoms with Gasteiger partial charge in [-0.2, -0.15) is 0 Å². The van der Waals surface area contributed by atoms with E-state index in [2.05, 4.69) is 34.6 Å². The first-order chi connectivity index (χ1) is 5.39. The number of hydrogen-bond acceptors (Lipinski definition) is 1. The van der Waals surface area contributed by atoms with Gasteiger partial charge in [-0.3, -0.25) is 0 Å². The van der Waals surface area contributed by atoms with E-state index in [-0.39, 0.29) is 0 Å². The molecule has 0 aromatic carbocycles. The minimum atomic E-state index is 0.399. The Bertz CT molecular complexity index is 138. The Morgan fingerprint density at radius 2 is 1.67 bits per heavy atom. The van der Waals surface area contributed by atoms with Crippen LogP contribution in [-0.2, 0) is 4.74 Å². The highest BCUT2D eigenvalue weighted by molar-refractivity contribution is 4.88. The van der Waals surface area contributed by atoms with Gasteiger partial charge in [-0.25, -0.2) is 0 Å². The molecule has 12 heavy (non-hydrogen) atoms. The molecule has 0 atom stereocenters. The first-order valence-corrected chi connectivity index (χ1v) is 5.05. The quantitative estimate of drug-likeness (QED) is 0.618. The first kappa shape index (κ1) is 10.0. The molecule has 0 aliphatic heterocycles. The van der Waals surface area contributed by atoms with Crippen LogP contribution in [-0.4, -0.2) is 12.2 Å². The second kappa shape index (κ2) is 3.37. The summed E-state index contributed by atoms with van der Waals surface area (Å²) in [7, 11) is 0. The van der Waals surface area contributed by atoms with E-state index < -0.39 is 0 Å². The van der Waals surface area contributed by atoms with Crippen molar-refractivity contribution in [3.8, 4) is 0 Å². The van der Waals surface area contributed by atoms with Crippen LogP contribution < -0.4 is 0 Å². The lowest BCUT2D eigenvalue weighted by atomic mass is 9.67. The van der Waals surface area contributed by atoms with Gasteiger partial charge in [-0.15, -0.1) is 0 Å². The van der Waals surface area contributed by atoms with Gasteiger partial charge in [-0.1, -0.05) is 20.8 Å². The van der Waals surface area contributed by atoms with E-state index in [4.69, 9.17) is 4.74 Å². The number of hydrogen-bond donors (Lipinski definition) is 0. The molecule has 1 aliphatic rings. The zero-order chi connectivity index (χ0) is 9.35. The lowest BCUT2D eigenvalue weighted by molar-refractivity contribution is -0.0869. The maximum atomic E-state index is 5.71. The molecule has 1 aliphatic carbocycles. The van der Waals surface area contributed by atoms with Gasteiger partial charge in [0.25, 0.3) is 0 Å². The molecule has 0 bridgehead atoms. The third-order valence-electron chi connectivity index (χ3n) is 2.78. The summed E-state index contributed by atoms with van der Waals surface area (Å²) in [6.45, 7) is 11.2. The van der Waals surface area contributed by atoms with Crippen LogP contribution >= 0.6 is 0 Å². The zero-order valence-corrected chi connectivity index (χ0v) is 9.05. The summed E-state index contributed by atoms with van der Waals surface area (Å²) in [6, 6.07) is 0. The molecule has 0 spiro atoms. The van der Waals surface area contributed by atoms with E-state index in [0.717, 1.165) is 5.92 Å². The predicted octanol–water partition coefficient (Wildman–Crippen LogP) is 3.24. The van der Waals surface area contributed by atoms with Crippen LogP contribution in [0.4, 0.5) is 0 Å². The normalized spacial score (nSPS) is 30.5. The van der Waals surface area contributed by atoms with E-state index >= 15 is 0 Å².